The van der Waals surface area contributed by atoms with Crippen LogP contribution in [-0.4, -0.2) is 5.78 Å². The van der Waals surface area contributed by atoms with E-state index < -0.39 is 0 Å². The number of hydrogen-bond donors (Lipinski definition) is 0. The van der Waals surface area contributed by atoms with E-state index in [9.17, 15) is 4.79 Å². The molecule has 0 aromatic heterocycles. The van der Waals surface area contributed by atoms with Crippen LogP contribution < -0.4 is 0 Å². The third-order valence-corrected chi connectivity index (χ3v) is 5.53. The van der Waals surface area contributed by atoms with Gasteiger partial charge in [-0.05, 0) is 30.3 Å². The van der Waals surface area contributed by atoms with E-state index in [-0.39, 0.29) is 16.2 Å². The summed E-state index contributed by atoms with van der Waals surface area (Å²) in [6, 6.07) is 0. The summed E-state index contributed by atoms with van der Waals surface area (Å²) >= 11 is 0. The fraction of sp³-hybridized carbons (Fsp3) is 0.786. The number of ketones is 1. The molecule has 86 valence electrons. The third kappa shape index (κ3) is 1.25. The molecule has 1 nitrogen and oxygen atoms in total. The maximum absolute atomic E-state index is 12.3. The number of carbonyl (C=O) groups excluding carboxylic acids is 1. The van der Waals surface area contributed by atoms with Gasteiger partial charge < -0.3 is 0 Å². The minimum absolute atomic E-state index is 0.0132. The van der Waals surface area contributed by atoms with Crippen LogP contribution in [0.2, 0.25) is 0 Å². The van der Waals surface area contributed by atoms with Crippen LogP contribution in [0.3, 0.4) is 0 Å². The maximum Gasteiger partial charge on any atom is 0.164 e. The predicted molar refractivity (Wildman–Crippen MR) is 64.7 cm³/mol. The van der Waals surface area contributed by atoms with E-state index in [2.05, 4.69) is 48.5 Å². The summed E-state index contributed by atoms with van der Waals surface area (Å²) in [6.45, 7) is 17.1. The zero-order valence-corrected chi connectivity index (χ0v) is 11.4. The molecule has 0 unspecified atom stereocenters. The van der Waals surface area contributed by atoms with Gasteiger partial charge in [-0.25, -0.2) is 0 Å². The first-order valence-electron chi connectivity index (χ1n) is 5.70. The Bertz CT molecular complexity index is 340. The highest BCUT2D eigenvalue weighted by Crippen LogP contribution is 2.59. The smallest absolute Gasteiger partial charge is 0.164 e. The molecule has 1 heteroatoms. The number of carbonyl (C=O) groups is 1. The standard InChI is InChI=1S/C14H24O/c1-9-10(2)12(3,4)14(7,8)13(5,6)11(9)15/h1-8H3. The fourth-order valence-corrected chi connectivity index (χ4v) is 2.64. The highest BCUT2D eigenvalue weighted by atomic mass is 16.1. The van der Waals surface area contributed by atoms with Crippen LogP contribution in [0.15, 0.2) is 11.1 Å². The Hall–Kier alpha value is -0.590. The van der Waals surface area contributed by atoms with Gasteiger partial charge >= 0.3 is 0 Å². The highest BCUT2D eigenvalue weighted by molar-refractivity contribution is 6.01. The van der Waals surface area contributed by atoms with Crippen molar-refractivity contribution in [2.45, 2.75) is 55.4 Å². The summed E-state index contributed by atoms with van der Waals surface area (Å²) in [7, 11) is 0. The van der Waals surface area contributed by atoms with E-state index >= 15 is 0 Å². The van der Waals surface area contributed by atoms with Crippen molar-refractivity contribution in [2.24, 2.45) is 16.2 Å². The average molecular weight is 208 g/mol. The van der Waals surface area contributed by atoms with Crippen LogP contribution in [0, 0.1) is 16.2 Å². The van der Waals surface area contributed by atoms with E-state index in [0.29, 0.717) is 5.78 Å². The van der Waals surface area contributed by atoms with E-state index in [1.54, 1.807) is 0 Å². The Morgan fingerprint density at radius 2 is 1.20 bits per heavy atom. The molecule has 1 rings (SSSR count). The molecule has 0 aromatic carbocycles. The number of rotatable bonds is 0. The normalized spacial score (nSPS) is 28.1. The maximum atomic E-state index is 12.3. The Labute approximate surface area is 93.9 Å². The van der Waals surface area contributed by atoms with Crippen LogP contribution in [0.4, 0.5) is 0 Å². The number of allylic oxidation sites excluding steroid dienone is 2. The molecule has 15 heavy (non-hydrogen) atoms. The summed E-state index contributed by atoms with van der Waals surface area (Å²) in [5.41, 5.74) is 2.00. The van der Waals surface area contributed by atoms with Crippen molar-refractivity contribution in [2.75, 3.05) is 0 Å². The lowest BCUT2D eigenvalue weighted by Crippen LogP contribution is -2.53. The molecule has 0 aromatic rings. The lowest BCUT2D eigenvalue weighted by molar-refractivity contribution is -0.136. The van der Waals surface area contributed by atoms with Crippen molar-refractivity contribution >= 4 is 5.78 Å². The van der Waals surface area contributed by atoms with Crippen LogP contribution in [0.5, 0.6) is 0 Å². The zero-order chi connectivity index (χ0) is 12.2. The van der Waals surface area contributed by atoms with E-state index in [1.165, 1.54) is 5.57 Å². The van der Waals surface area contributed by atoms with Gasteiger partial charge in [0.15, 0.2) is 5.78 Å². The summed E-state index contributed by atoms with van der Waals surface area (Å²) < 4.78 is 0. The molecule has 0 spiro atoms. The summed E-state index contributed by atoms with van der Waals surface area (Å²) in [5.74, 6) is 0.310. The topological polar surface area (TPSA) is 17.1 Å². The molecule has 0 fully saturated rings. The monoisotopic (exact) mass is 208 g/mol. The molecule has 0 saturated heterocycles. The Morgan fingerprint density at radius 3 is 1.60 bits per heavy atom. The molecule has 0 saturated carbocycles. The largest absolute Gasteiger partial charge is 0.294 e. The van der Waals surface area contributed by atoms with Crippen LogP contribution in [-0.2, 0) is 4.79 Å². The van der Waals surface area contributed by atoms with Crippen molar-refractivity contribution in [3.05, 3.63) is 11.1 Å². The lowest BCUT2D eigenvalue weighted by atomic mass is 9.47. The Morgan fingerprint density at radius 1 is 0.800 bits per heavy atom. The third-order valence-electron chi connectivity index (χ3n) is 5.53. The van der Waals surface area contributed by atoms with Gasteiger partial charge in [0.2, 0.25) is 0 Å². The molecule has 0 bridgehead atoms. The SMILES string of the molecule is CC1=C(C)C(C)(C)C(C)(C)C(C)(C)C1=O. The van der Waals surface area contributed by atoms with Gasteiger partial charge in [-0.1, -0.05) is 47.1 Å². The molecule has 1 aliphatic carbocycles. The van der Waals surface area contributed by atoms with Gasteiger partial charge in [0, 0.05) is 5.41 Å². The predicted octanol–water partition coefficient (Wildman–Crippen LogP) is 3.98. The van der Waals surface area contributed by atoms with Crippen molar-refractivity contribution in [1.29, 1.82) is 0 Å². The van der Waals surface area contributed by atoms with Gasteiger partial charge in [0.25, 0.3) is 0 Å². The Balaban J connectivity index is 3.56. The van der Waals surface area contributed by atoms with Gasteiger partial charge in [-0.15, -0.1) is 0 Å². The molecular formula is C14H24O. The number of Topliss-reactive ketones (excluding diaryl/α,β-unsaturated/α-hetero) is 1. The zero-order valence-electron chi connectivity index (χ0n) is 11.4. The van der Waals surface area contributed by atoms with Crippen molar-refractivity contribution < 1.29 is 4.79 Å². The van der Waals surface area contributed by atoms with E-state index in [1.807, 2.05) is 6.92 Å². The summed E-state index contributed by atoms with van der Waals surface area (Å²) in [5, 5.41) is 0. The van der Waals surface area contributed by atoms with Crippen molar-refractivity contribution in [3.63, 3.8) is 0 Å². The van der Waals surface area contributed by atoms with E-state index in [0.717, 1.165) is 5.57 Å². The summed E-state index contributed by atoms with van der Waals surface area (Å²) in [6.07, 6.45) is 0. The first kappa shape index (κ1) is 12.5. The second-order valence-electron chi connectivity index (χ2n) is 6.45. The minimum atomic E-state index is -0.278. The quantitative estimate of drug-likeness (QED) is 0.588. The Kier molecular flexibility index (Phi) is 2.46. The van der Waals surface area contributed by atoms with Gasteiger partial charge in [0.05, 0.1) is 0 Å². The van der Waals surface area contributed by atoms with Gasteiger partial charge in [-0.2, -0.15) is 0 Å². The van der Waals surface area contributed by atoms with Crippen molar-refractivity contribution in [1.82, 2.24) is 0 Å². The van der Waals surface area contributed by atoms with Crippen LogP contribution >= 0.6 is 0 Å². The molecule has 1 aliphatic rings. The molecule has 0 amide bonds. The molecule has 0 N–H and O–H groups in total. The lowest BCUT2D eigenvalue weighted by Gasteiger charge is -2.55. The molecule has 0 aliphatic heterocycles. The first-order chi connectivity index (χ1) is 6.48. The summed E-state index contributed by atoms with van der Waals surface area (Å²) in [4.78, 5) is 12.3. The first-order valence-corrected chi connectivity index (χ1v) is 5.70. The molecule has 0 heterocycles. The average Bonchev–Trinajstić information content (AvgIpc) is 2.12. The van der Waals surface area contributed by atoms with Gasteiger partial charge in [-0.3, -0.25) is 4.79 Å². The second kappa shape index (κ2) is 2.96. The second-order valence-corrected chi connectivity index (χ2v) is 6.45. The van der Waals surface area contributed by atoms with E-state index in [4.69, 9.17) is 0 Å². The van der Waals surface area contributed by atoms with Gasteiger partial charge in [0.1, 0.15) is 0 Å². The highest BCUT2D eigenvalue weighted by Gasteiger charge is 2.56. The molecule has 0 atom stereocenters. The number of hydrogen-bond acceptors (Lipinski definition) is 1. The molecule has 0 radical (unpaired) electrons. The fourth-order valence-electron chi connectivity index (χ4n) is 2.64. The van der Waals surface area contributed by atoms with Crippen LogP contribution in [0.25, 0.3) is 0 Å². The van der Waals surface area contributed by atoms with Crippen LogP contribution in [0.1, 0.15) is 55.4 Å². The minimum Gasteiger partial charge on any atom is -0.294 e. The molecular weight excluding hydrogens is 184 g/mol. The van der Waals surface area contributed by atoms with Crippen molar-refractivity contribution in [3.8, 4) is 0 Å².